The molecular weight excluding hydrogens is 291 g/mol. The van der Waals surface area contributed by atoms with Crippen molar-refractivity contribution in [3.8, 4) is 5.75 Å². The second-order valence-corrected chi connectivity index (χ2v) is 4.99. The first-order valence-corrected chi connectivity index (χ1v) is 7.09. The number of ether oxygens (including phenoxy) is 1. The molecule has 112 valence electrons. The summed E-state index contributed by atoms with van der Waals surface area (Å²) >= 11 is 5.72. The molecule has 2 aromatic carbocycles. The highest BCUT2D eigenvalue weighted by Gasteiger charge is 2.00. The molecule has 0 radical (unpaired) electrons. The van der Waals surface area contributed by atoms with Crippen LogP contribution in [0.2, 0.25) is 5.02 Å². The van der Waals surface area contributed by atoms with E-state index in [0.29, 0.717) is 0 Å². The molecule has 0 amide bonds. The summed E-state index contributed by atoms with van der Waals surface area (Å²) < 4.78 is 18.1. The van der Waals surface area contributed by atoms with Gasteiger partial charge in [0.2, 0.25) is 0 Å². The fourth-order valence-electron chi connectivity index (χ4n) is 1.88. The van der Waals surface area contributed by atoms with Crippen molar-refractivity contribution in [2.24, 2.45) is 0 Å². The molecule has 5 heteroatoms. The van der Waals surface area contributed by atoms with Gasteiger partial charge in [-0.3, -0.25) is 0 Å². The molecule has 0 atom stereocenters. The van der Waals surface area contributed by atoms with Gasteiger partial charge in [0.05, 0.1) is 12.1 Å². The van der Waals surface area contributed by atoms with Gasteiger partial charge < -0.3 is 15.4 Å². The second kappa shape index (κ2) is 7.86. The standard InChI is InChI=1S/C16H18ClFN2O/c1-21-14-5-2-12(3-6-14)11-19-8-9-20-13-4-7-16(18)15(17)10-13/h2-7,10,19-20H,8-9,11H2,1H3. The van der Waals surface area contributed by atoms with Crippen LogP contribution in [0.1, 0.15) is 5.56 Å². The predicted octanol–water partition coefficient (Wildman–Crippen LogP) is 3.69. The van der Waals surface area contributed by atoms with Crippen LogP contribution >= 0.6 is 11.6 Å². The Balaban J connectivity index is 1.68. The van der Waals surface area contributed by atoms with E-state index in [4.69, 9.17) is 16.3 Å². The summed E-state index contributed by atoms with van der Waals surface area (Å²) in [4.78, 5) is 0. The first-order valence-electron chi connectivity index (χ1n) is 6.71. The molecule has 2 rings (SSSR count). The number of rotatable bonds is 7. The van der Waals surface area contributed by atoms with Gasteiger partial charge in [-0.05, 0) is 35.9 Å². The lowest BCUT2D eigenvalue weighted by Gasteiger charge is -2.09. The lowest BCUT2D eigenvalue weighted by Crippen LogP contribution is -2.21. The molecule has 0 unspecified atom stereocenters. The quantitative estimate of drug-likeness (QED) is 0.765. The number of benzene rings is 2. The highest BCUT2D eigenvalue weighted by molar-refractivity contribution is 6.31. The molecule has 0 bridgehead atoms. The summed E-state index contributed by atoms with van der Waals surface area (Å²) in [5, 5.41) is 6.64. The first-order chi connectivity index (χ1) is 10.2. The van der Waals surface area contributed by atoms with Crippen molar-refractivity contribution >= 4 is 17.3 Å². The topological polar surface area (TPSA) is 33.3 Å². The van der Waals surface area contributed by atoms with Crippen molar-refractivity contribution in [2.45, 2.75) is 6.54 Å². The molecule has 0 aromatic heterocycles. The van der Waals surface area contributed by atoms with Gasteiger partial charge in [0.1, 0.15) is 11.6 Å². The maximum atomic E-state index is 13.0. The van der Waals surface area contributed by atoms with Crippen LogP contribution in [0.5, 0.6) is 5.75 Å². The number of anilines is 1. The normalized spacial score (nSPS) is 10.4. The molecule has 2 N–H and O–H groups in total. The number of hydrogen-bond acceptors (Lipinski definition) is 3. The molecular formula is C16H18ClFN2O. The second-order valence-electron chi connectivity index (χ2n) is 4.58. The van der Waals surface area contributed by atoms with Crippen LogP contribution in [0.15, 0.2) is 42.5 Å². The Morgan fingerprint density at radius 1 is 1.10 bits per heavy atom. The molecule has 3 nitrogen and oxygen atoms in total. The van der Waals surface area contributed by atoms with E-state index in [9.17, 15) is 4.39 Å². The number of hydrogen-bond donors (Lipinski definition) is 2. The van der Waals surface area contributed by atoms with E-state index in [1.54, 1.807) is 19.2 Å². The highest BCUT2D eigenvalue weighted by atomic mass is 35.5. The number of nitrogens with one attached hydrogen (secondary N) is 2. The maximum absolute atomic E-state index is 13.0. The van der Waals surface area contributed by atoms with Gasteiger partial charge in [0.25, 0.3) is 0 Å². The average Bonchev–Trinajstić information content (AvgIpc) is 2.51. The van der Waals surface area contributed by atoms with Gasteiger partial charge in [-0.15, -0.1) is 0 Å². The number of halogens is 2. The van der Waals surface area contributed by atoms with Crippen LogP contribution < -0.4 is 15.4 Å². The lowest BCUT2D eigenvalue weighted by molar-refractivity contribution is 0.414. The van der Waals surface area contributed by atoms with Crippen molar-refractivity contribution in [3.63, 3.8) is 0 Å². The van der Waals surface area contributed by atoms with E-state index in [0.717, 1.165) is 31.1 Å². The van der Waals surface area contributed by atoms with Crippen LogP contribution in [0, 0.1) is 5.82 Å². The molecule has 0 saturated heterocycles. The Hall–Kier alpha value is -1.78. The van der Waals surface area contributed by atoms with Crippen molar-refractivity contribution in [3.05, 3.63) is 58.9 Å². The van der Waals surface area contributed by atoms with Gasteiger partial charge in [0, 0.05) is 25.3 Å². The summed E-state index contributed by atoms with van der Waals surface area (Å²) in [7, 11) is 1.65. The zero-order chi connectivity index (χ0) is 15.1. The van der Waals surface area contributed by atoms with E-state index in [1.807, 2.05) is 24.3 Å². The zero-order valence-electron chi connectivity index (χ0n) is 11.8. The van der Waals surface area contributed by atoms with E-state index in [1.165, 1.54) is 11.6 Å². The minimum Gasteiger partial charge on any atom is -0.497 e. The van der Waals surface area contributed by atoms with Crippen molar-refractivity contribution in [1.29, 1.82) is 0 Å². The van der Waals surface area contributed by atoms with Crippen LogP contribution in [-0.2, 0) is 6.54 Å². The SMILES string of the molecule is COc1ccc(CNCCNc2ccc(F)c(Cl)c2)cc1. The summed E-state index contributed by atoms with van der Waals surface area (Å²) in [6, 6.07) is 12.5. The third-order valence-electron chi connectivity index (χ3n) is 3.04. The van der Waals surface area contributed by atoms with Crippen LogP contribution in [0.3, 0.4) is 0 Å². The molecule has 2 aromatic rings. The monoisotopic (exact) mass is 308 g/mol. The number of methoxy groups -OCH3 is 1. The van der Waals surface area contributed by atoms with E-state index < -0.39 is 5.82 Å². The highest BCUT2D eigenvalue weighted by Crippen LogP contribution is 2.18. The first kappa shape index (κ1) is 15.6. The third kappa shape index (κ3) is 4.92. The van der Waals surface area contributed by atoms with Gasteiger partial charge >= 0.3 is 0 Å². The minimum absolute atomic E-state index is 0.131. The van der Waals surface area contributed by atoms with Crippen LogP contribution in [0.25, 0.3) is 0 Å². The minimum atomic E-state index is -0.403. The molecule has 0 aliphatic carbocycles. The smallest absolute Gasteiger partial charge is 0.141 e. The Labute approximate surface area is 129 Å². The molecule has 0 aliphatic heterocycles. The van der Waals surface area contributed by atoms with Gasteiger partial charge in [-0.2, -0.15) is 0 Å². The Morgan fingerprint density at radius 3 is 2.52 bits per heavy atom. The van der Waals surface area contributed by atoms with Gasteiger partial charge in [-0.25, -0.2) is 4.39 Å². The summed E-state index contributed by atoms with van der Waals surface area (Å²) in [5.74, 6) is 0.452. The van der Waals surface area contributed by atoms with Crippen LogP contribution in [0.4, 0.5) is 10.1 Å². The van der Waals surface area contributed by atoms with E-state index >= 15 is 0 Å². The Morgan fingerprint density at radius 2 is 1.86 bits per heavy atom. The van der Waals surface area contributed by atoms with Crippen LogP contribution in [-0.4, -0.2) is 20.2 Å². The van der Waals surface area contributed by atoms with Crippen molar-refractivity contribution in [2.75, 3.05) is 25.5 Å². The van der Waals surface area contributed by atoms with E-state index in [-0.39, 0.29) is 5.02 Å². The van der Waals surface area contributed by atoms with Crippen molar-refractivity contribution in [1.82, 2.24) is 5.32 Å². The fraction of sp³-hybridized carbons (Fsp3) is 0.250. The molecule has 0 spiro atoms. The lowest BCUT2D eigenvalue weighted by atomic mass is 10.2. The van der Waals surface area contributed by atoms with Crippen molar-refractivity contribution < 1.29 is 9.13 Å². The average molecular weight is 309 g/mol. The molecule has 21 heavy (non-hydrogen) atoms. The largest absolute Gasteiger partial charge is 0.497 e. The van der Waals surface area contributed by atoms with Gasteiger partial charge in [-0.1, -0.05) is 23.7 Å². The summed E-state index contributed by atoms with van der Waals surface area (Å²) in [5.41, 5.74) is 2.01. The molecule has 0 saturated carbocycles. The van der Waals surface area contributed by atoms with Gasteiger partial charge in [0.15, 0.2) is 0 Å². The summed E-state index contributed by atoms with van der Waals surface area (Å²) in [6.45, 7) is 2.31. The predicted molar refractivity (Wildman–Crippen MR) is 84.6 cm³/mol. The third-order valence-corrected chi connectivity index (χ3v) is 3.33. The Kier molecular flexibility index (Phi) is 5.84. The van der Waals surface area contributed by atoms with E-state index in [2.05, 4.69) is 10.6 Å². The molecule has 0 aliphatic rings. The maximum Gasteiger partial charge on any atom is 0.141 e. The fourth-order valence-corrected chi connectivity index (χ4v) is 2.06. The summed E-state index contributed by atoms with van der Waals surface area (Å²) in [6.07, 6.45) is 0. The Bertz CT molecular complexity index is 575. The molecule has 0 heterocycles. The molecule has 0 fully saturated rings. The zero-order valence-corrected chi connectivity index (χ0v) is 12.6.